The molecule has 10 rings (SSSR count). The molecule has 0 aliphatic carbocycles. The summed E-state index contributed by atoms with van der Waals surface area (Å²) in [6.45, 7) is 0. The predicted octanol–water partition coefficient (Wildman–Crippen LogP) is 10.4. The lowest BCUT2D eigenvalue weighted by atomic mass is 9.88. The van der Waals surface area contributed by atoms with Gasteiger partial charge in [-0.2, -0.15) is 0 Å². The summed E-state index contributed by atoms with van der Waals surface area (Å²) in [7, 11) is 0. The molecule has 5 aromatic carbocycles. The molecule has 5 aromatic heterocycles. The molecule has 0 fully saturated rings. The van der Waals surface area contributed by atoms with Crippen LogP contribution in [0.15, 0.2) is 165 Å². The Balaban J connectivity index is 1.33. The van der Waals surface area contributed by atoms with Crippen LogP contribution in [0.4, 0.5) is 0 Å². The van der Waals surface area contributed by atoms with Crippen molar-refractivity contribution in [2.24, 2.45) is 0 Å². The standard InChI is InChI=1S/C45H27N7/c1-3-9-35-30(7-1)26-39-37(11-5-17-48-39)41(35)32-23-33(42-36-10-4-2-8-31(36)27-40-38(42)12-6-18-49-40)25-34(24-32)45-51-43(28-13-19-46-20-14-28)50-44(52-45)29-15-21-47-22-16-29/h1-27H. The molecule has 0 bridgehead atoms. The normalized spacial score (nSPS) is 11.5. The summed E-state index contributed by atoms with van der Waals surface area (Å²) in [5.41, 5.74) is 8.69. The molecule has 7 nitrogen and oxygen atoms in total. The molecule has 0 saturated heterocycles. The monoisotopic (exact) mass is 665 g/mol. The Labute approximate surface area is 298 Å². The Morgan fingerprint density at radius 3 is 1.19 bits per heavy atom. The van der Waals surface area contributed by atoms with E-state index in [2.05, 4.69) is 101 Å². The lowest BCUT2D eigenvalue weighted by Crippen LogP contribution is -2.01. The zero-order valence-electron chi connectivity index (χ0n) is 27.7. The van der Waals surface area contributed by atoms with Crippen molar-refractivity contribution in [1.29, 1.82) is 0 Å². The minimum atomic E-state index is 0.557. The van der Waals surface area contributed by atoms with E-state index in [0.29, 0.717) is 17.5 Å². The second-order valence-corrected chi connectivity index (χ2v) is 12.7. The van der Waals surface area contributed by atoms with E-state index in [4.69, 9.17) is 24.9 Å². The van der Waals surface area contributed by atoms with Crippen molar-refractivity contribution in [1.82, 2.24) is 34.9 Å². The van der Waals surface area contributed by atoms with Gasteiger partial charge in [-0.3, -0.25) is 19.9 Å². The Hall–Kier alpha value is -7.25. The summed E-state index contributed by atoms with van der Waals surface area (Å²) in [4.78, 5) is 33.2. The van der Waals surface area contributed by atoms with E-state index in [0.717, 1.165) is 82.3 Å². The maximum Gasteiger partial charge on any atom is 0.164 e. The fourth-order valence-corrected chi connectivity index (χ4v) is 7.21. The molecular formula is C45H27N7. The second-order valence-electron chi connectivity index (χ2n) is 12.7. The minimum Gasteiger partial charge on any atom is -0.265 e. The van der Waals surface area contributed by atoms with E-state index in [1.807, 2.05) is 48.8 Å². The van der Waals surface area contributed by atoms with Gasteiger partial charge < -0.3 is 0 Å². The first-order chi connectivity index (χ1) is 25.8. The van der Waals surface area contributed by atoms with Crippen molar-refractivity contribution in [3.05, 3.63) is 165 Å². The van der Waals surface area contributed by atoms with E-state index in [9.17, 15) is 0 Å². The zero-order chi connectivity index (χ0) is 34.4. The van der Waals surface area contributed by atoms with Gasteiger partial charge in [-0.25, -0.2) is 15.0 Å². The topological polar surface area (TPSA) is 90.2 Å². The summed E-state index contributed by atoms with van der Waals surface area (Å²) in [6, 6.07) is 44.0. The maximum atomic E-state index is 5.13. The molecule has 10 aromatic rings. The molecule has 52 heavy (non-hydrogen) atoms. The van der Waals surface area contributed by atoms with Gasteiger partial charge in [-0.1, -0.05) is 60.7 Å². The molecular weight excluding hydrogens is 639 g/mol. The van der Waals surface area contributed by atoms with E-state index >= 15 is 0 Å². The van der Waals surface area contributed by atoms with E-state index < -0.39 is 0 Å². The quantitative estimate of drug-likeness (QED) is 0.169. The zero-order valence-corrected chi connectivity index (χ0v) is 27.7. The predicted molar refractivity (Wildman–Crippen MR) is 208 cm³/mol. The third kappa shape index (κ3) is 5.11. The highest BCUT2D eigenvalue weighted by atomic mass is 15.0. The Bertz CT molecular complexity index is 2660. The number of rotatable bonds is 5. The van der Waals surface area contributed by atoms with Crippen LogP contribution in [-0.4, -0.2) is 34.9 Å². The fraction of sp³-hybridized carbons (Fsp3) is 0. The van der Waals surface area contributed by atoms with Gasteiger partial charge >= 0.3 is 0 Å². The summed E-state index contributed by atoms with van der Waals surface area (Å²) < 4.78 is 0. The molecule has 7 heteroatoms. The van der Waals surface area contributed by atoms with Gasteiger partial charge in [0.2, 0.25) is 0 Å². The molecule has 0 unspecified atom stereocenters. The van der Waals surface area contributed by atoms with E-state index in [1.54, 1.807) is 24.8 Å². The fourth-order valence-electron chi connectivity index (χ4n) is 7.21. The van der Waals surface area contributed by atoms with Gasteiger partial charge in [0.15, 0.2) is 17.5 Å². The van der Waals surface area contributed by atoms with Crippen molar-refractivity contribution < 1.29 is 0 Å². The summed E-state index contributed by atoms with van der Waals surface area (Å²) >= 11 is 0. The van der Waals surface area contributed by atoms with Gasteiger partial charge in [0.05, 0.1) is 11.0 Å². The number of hydrogen-bond acceptors (Lipinski definition) is 7. The second kappa shape index (κ2) is 12.3. The highest BCUT2D eigenvalue weighted by molar-refractivity contribution is 6.15. The van der Waals surface area contributed by atoms with Crippen molar-refractivity contribution in [2.45, 2.75) is 0 Å². The summed E-state index contributed by atoms with van der Waals surface area (Å²) in [5, 5.41) is 6.66. The van der Waals surface area contributed by atoms with Gasteiger partial charge in [-0.15, -0.1) is 0 Å². The number of aromatic nitrogens is 7. The van der Waals surface area contributed by atoms with Crippen molar-refractivity contribution in [3.63, 3.8) is 0 Å². The molecule has 0 aliphatic rings. The minimum absolute atomic E-state index is 0.557. The van der Waals surface area contributed by atoms with Crippen LogP contribution in [0.25, 0.3) is 99.8 Å². The average molecular weight is 666 g/mol. The van der Waals surface area contributed by atoms with Crippen LogP contribution in [0.5, 0.6) is 0 Å². The molecule has 0 aliphatic heterocycles. The first-order valence-electron chi connectivity index (χ1n) is 17.0. The lowest BCUT2D eigenvalue weighted by molar-refractivity contribution is 1.07. The van der Waals surface area contributed by atoms with Crippen LogP contribution in [0.1, 0.15) is 0 Å². The molecule has 0 radical (unpaired) electrons. The largest absolute Gasteiger partial charge is 0.265 e. The number of pyridine rings is 4. The summed E-state index contributed by atoms with van der Waals surface area (Å²) in [5.74, 6) is 1.68. The highest BCUT2D eigenvalue weighted by Gasteiger charge is 2.19. The highest BCUT2D eigenvalue weighted by Crippen LogP contribution is 2.43. The van der Waals surface area contributed by atoms with Crippen molar-refractivity contribution in [2.75, 3.05) is 0 Å². The van der Waals surface area contributed by atoms with Gasteiger partial charge in [0, 0.05) is 64.6 Å². The average Bonchev–Trinajstić information content (AvgIpc) is 3.22. The number of benzene rings is 5. The van der Waals surface area contributed by atoms with Crippen LogP contribution >= 0.6 is 0 Å². The van der Waals surface area contributed by atoms with E-state index in [1.165, 1.54) is 0 Å². The van der Waals surface area contributed by atoms with Crippen molar-refractivity contribution >= 4 is 43.4 Å². The molecule has 0 N–H and O–H groups in total. The maximum absolute atomic E-state index is 5.13. The van der Waals surface area contributed by atoms with Crippen LogP contribution in [0.3, 0.4) is 0 Å². The van der Waals surface area contributed by atoms with Crippen LogP contribution < -0.4 is 0 Å². The molecule has 0 saturated carbocycles. The van der Waals surface area contributed by atoms with Crippen molar-refractivity contribution in [3.8, 4) is 56.4 Å². The Morgan fingerprint density at radius 2 is 0.712 bits per heavy atom. The third-order valence-corrected chi connectivity index (χ3v) is 9.54. The first-order valence-corrected chi connectivity index (χ1v) is 17.0. The molecule has 5 heterocycles. The summed E-state index contributed by atoms with van der Waals surface area (Å²) in [6.07, 6.45) is 10.7. The Kier molecular flexibility index (Phi) is 6.99. The molecule has 0 spiro atoms. The molecule has 0 atom stereocenters. The van der Waals surface area contributed by atoms with Crippen LogP contribution in [-0.2, 0) is 0 Å². The van der Waals surface area contributed by atoms with Gasteiger partial charge in [0.1, 0.15) is 0 Å². The SMILES string of the molecule is c1ccc2c(-c3cc(-c4nc(-c5ccncc5)nc(-c5ccncc5)n4)cc(-c4c5ccccc5cc5ncccc45)c3)c3cccnc3cc2c1. The number of nitrogens with zero attached hydrogens (tertiary/aromatic N) is 7. The first kappa shape index (κ1) is 29.6. The van der Waals surface area contributed by atoms with Gasteiger partial charge in [0.25, 0.3) is 0 Å². The molecule has 0 amide bonds. The number of fused-ring (bicyclic) bond motifs is 4. The number of hydrogen-bond donors (Lipinski definition) is 0. The smallest absolute Gasteiger partial charge is 0.164 e. The van der Waals surface area contributed by atoms with Crippen LogP contribution in [0.2, 0.25) is 0 Å². The van der Waals surface area contributed by atoms with Crippen LogP contribution in [0, 0.1) is 0 Å². The van der Waals surface area contributed by atoms with Gasteiger partial charge in [-0.05, 0) is 111 Å². The Morgan fingerprint density at radius 1 is 0.308 bits per heavy atom. The molecule has 242 valence electrons. The third-order valence-electron chi connectivity index (χ3n) is 9.54. The van der Waals surface area contributed by atoms with E-state index in [-0.39, 0.29) is 0 Å². The lowest BCUT2D eigenvalue weighted by Gasteiger charge is -2.17.